The lowest BCUT2D eigenvalue weighted by Crippen LogP contribution is -2.12. The van der Waals surface area contributed by atoms with Crippen molar-refractivity contribution in [2.24, 2.45) is 5.73 Å². The van der Waals surface area contributed by atoms with Crippen LogP contribution in [-0.4, -0.2) is 29.2 Å². The van der Waals surface area contributed by atoms with Crippen molar-refractivity contribution in [1.29, 1.82) is 0 Å². The molecule has 0 spiro atoms. The van der Waals surface area contributed by atoms with Crippen molar-refractivity contribution in [3.8, 4) is 11.1 Å². The van der Waals surface area contributed by atoms with Crippen LogP contribution in [0.1, 0.15) is 52.1 Å². The standard InChI is InChI=1S/C20H19N3O.C8H8O2/c21-20(24)19-18-16(7-4-8-17(18)22-23-19)15-11-9-14(10-12-15)13-5-2-1-3-6-13;1-10-8(9)7-5-3-2-4-6-7/h4-5,7-12H,1-3,6H2,(H2,21,24)(H,22,23);2-6H,1H3. The number of nitrogens with two attached hydrogens (primary N) is 1. The molecule has 0 radical (unpaired) electrons. The van der Waals surface area contributed by atoms with E-state index in [0.717, 1.165) is 28.5 Å². The molecule has 172 valence electrons. The van der Waals surface area contributed by atoms with E-state index in [4.69, 9.17) is 5.73 Å². The first-order valence-electron chi connectivity index (χ1n) is 11.3. The lowest BCUT2D eigenvalue weighted by atomic mass is 9.92. The number of ether oxygens (including phenoxy) is 1. The SMILES string of the molecule is COC(=O)c1ccccc1.NC(=O)c1n[nH]c2cccc(-c3ccc(C4=CCCCC4)cc3)c12. The van der Waals surface area contributed by atoms with Gasteiger partial charge >= 0.3 is 5.97 Å². The van der Waals surface area contributed by atoms with Crippen LogP contribution in [0.3, 0.4) is 0 Å². The molecule has 0 atom stereocenters. The maximum absolute atomic E-state index is 11.7. The highest BCUT2D eigenvalue weighted by Crippen LogP contribution is 2.32. The predicted octanol–water partition coefficient (Wildman–Crippen LogP) is 5.76. The molecule has 0 aliphatic heterocycles. The van der Waals surface area contributed by atoms with Crippen molar-refractivity contribution in [3.63, 3.8) is 0 Å². The van der Waals surface area contributed by atoms with Crippen LogP contribution < -0.4 is 5.73 Å². The van der Waals surface area contributed by atoms with Gasteiger partial charge in [-0.1, -0.05) is 60.7 Å². The summed E-state index contributed by atoms with van der Waals surface area (Å²) < 4.78 is 4.50. The fraction of sp³-hybridized carbons (Fsp3) is 0.179. The molecule has 3 N–H and O–H groups in total. The Kier molecular flexibility index (Phi) is 7.18. The summed E-state index contributed by atoms with van der Waals surface area (Å²) in [7, 11) is 1.37. The Hall–Kier alpha value is -4.19. The molecule has 1 aromatic heterocycles. The van der Waals surface area contributed by atoms with Gasteiger partial charge in [0, 0.05) is 5.39 Å². The molecule has 3 aromatic carbocycles. The number of benzene rings is 3. The lowest BCUT2D eigenvalue weighted by Gasteiger charge is -2.13. The van der Waals surface area contributed by atoms with Crippen LogP contribution in [0.15, 0.2) is 78.9 Å². The molecule has 0 unspecified atom stereocenters. The zero-order valence-electron chi connectivity index (χ0n) is 19.1. The number of aromatic amines is 1. The summed E-state index contributed by atoms with van der Waals surface area (Å²) in [6.07, 6.45) is 7.24. The number of hydrogen-bond donors (Lipinski definition) is 2. The van der Waals surface area contributed by atoms with Crippen molar-refractivity contribution < 1.29 is 14.3 Å². The number of methoxy groups -OCH3 is 1. The molecule has 6 nitrogen and oxygen atoms in total. The molecular formula is C28H27N3O3. The Morgan fingerprint density at radius 2 is 1.65 bits per heavy atom. The molecular weight excluding hydrogens is 426 g/mol. The second kappa shape index (κ2) is 10.6. The van der Waals surface area contributed by atoms with Gasteiger partial charge in [0.05, 0.1) is 18.2 Å². The number of esters is 1. The number of fused-ring (bicyclic) bond motifs is 1. The molecule has 1 amide bonds. The number of nitrogens with zero attached hydrogens (tertiary/aromatic N) is 1. The van der Waals surface area contributed by atoms with E-state index in [1.807, 2.05) is 24.3 Å². The summed E-state index contributed by atoms with van der Waals surface area (Å²) in [5.41, 5.74) is 11.9. The highest BCUT2D eigenvalue weighted by Gasteiger charge is 2.15. The molecule has 6 heteroatoms. The highest BCUT2D eigenvalue weighted by molar-refractivity contribution is 6.09. The summed E-state index contributed by atoms with van der Waals surface area (Å²) in [5.74, 6) is -0.807. The number of carbonyl (C=O) groups is 2. The van der Waals surface area contributed by atoms with Gasteiger partial charge in [-0.05, 0) is 66.1 Å². The van der Waals surface area contributed by atoms with E-state index in [1.54, 1.807) is 24.3 Å². The quantitative estimate of drug-likeness (QED) is 0.384. The Morgan fingerprint density at radius 3 is 2.29 bits per heavy atom. The fourth-order valence-electron chi connectivity index (χ4n) is 4.15. The normalized spacial score (nSPS) is 12.9. The van der Waals surface area contributed by atoms with E-state index >= 15 is 0 Å². The minimum absolute atomic E-state index is 0.291. The van der Waals surface area contributed by atoms with Crippen molar-refractivity contribution >= 4 is 28.4 Å². The second-order valence-electron chi connectivity index (χ2n) is 8.07. The Labute approximate surface area is 198 Å². The topological polar surface area (TPSA) is 98.1 Å². The first-order chi connectivity index (χ1) is 16.6. The van der Waals surface area contributed by atoms with E-state index in [-0.39, 0.29) is 5.97 Å². The van der Waals surface area contributed by atoms with Crippen LogP contribution in [-0.2, 0) is 4.74 Å². The molecule has 0 bridgehead atoms. The maximum atomic E-state index is 11.7. The Bertz CT molecular complexity index is 1320. The van der Waals surface area contributed by atoms with Crippen LogP contribution >= 0.6 is 0 Å². The minimum Gasteiger partial charge on any atom is -0.465 e. The first-order valence-corrected chi connectivity index (χ1v) is 11.3. The van der Waals surface area contributed by atoms with E-state index in [0.29, 0.717) is 11.3 Å². The van der Waals surface area contributed by atoms with Crippen LogP contribution in [0.5, 0.6) is 0 Å². The summed E-state index contributed by atoms with van der Waals surface area (Å²) in [6, 6.07) is 23.3. The van der Waals surface area contributed by atoms with Gasteiger partial charge in [0.15, 0.2) is 5.69 Å². The Balaban J connectivity index is 0.000000231. The summed E-state index contributed by atoms with van der Waals surface area (Å²) in [4.78, 5) is 22.4. The van der Waals surface area contributed by atoms with E-state index in [1.165, 1.54) is 37.5 Å². The monoisotopic (exact) mass is 453 g/mol. The highest BCUT2D eigenvalue weighted by atomic mass is 16.5. The molecule has 0 saturated carbocycles. The average Bonchev–Trinajstić information content (AvgIpc) is 3.35. The smallest absolute Gasteiger partial charge is 0.337 e. The molecule has 1 aliphatic carbocycles. The Morgan fingerprint density at radius 1 is 0.912 bits per heavy atom. The van der Waals surface area contributed by atoms with Crippen molar-refractivity contribution in [3.05, 3.63) is 95.7 Å². The average molecular weight is 454 g/mol. The van der Waals surface area contributed by atoms with Crippen LogP contribution in [0.25, 0.3) is 27.6 Å². The summed E-state index contributed by atoms with van der Waals surface area (Å²) >= 11 is 0. The number of nitrogens with one attached hydrogen (secondary N) is 1. The van der Waals surface area contributed by atoms with Crippen molar-refractivity contribution in [1.82, 2.24) is 10.2 Å². The zero-order valence-corrected chi connectivity index (χ0v) is 19.1. The number of allylic oxidation sites excluding steroid dienone is 2. The molecule has 0 fully saturated rings. The fourth-order valence-corrected chi connectivity index (χ4v) is 4.15. The largest absolute Gasteiger partial charge is 0.465 e. The molecule has 4 aromatic rings. The molecule has 1 heterocycles. The van der Waals surface area contributed by atoms with Gasteiger partial charge in [-0.15, -0.1) is 0 Å². The third-order valence-electron chi connectivity index (χ3n) is 5.88. The second-order valence-corrected chi connectivity index (χ2v) is 8.07. The lowest BCUT2D eigenvalue weighted by molar-refractivity contribution is 0.0600. The third-order valence-corrected chi connectivity index (χ3v) is 5.88. The van der Waals surface area contributed by atoms with Crippen LogP contribution in [0, 0.1) is 0 Å². The van der Waals surface area contributed by atoms with Gasteiger partial charge in [0.1, 0.15) is 0 Å². The van der Waals surface area contributed by atoms with Crippen molar-refractivity contribution in [2.45, 2.75) is 25.7 Å². The molecule has 34 heavy (non-hydrogen) atoms. The van der Waals surface area contributed by atoms with Crippen LogP contribution in [0.2, 0.25) is 0 Å². The number of hydrogen-bond acceptors (Lipinski definition) is 4. The molecule has 1 aliphatic rings. The van der Waals surface area contributed by atoms with E-state index < -0.39 is 5.91 Å². The molecule has 5 rings (SSSR count). The van der Waals surface area contributed by atoms with Gasteiger partial charge in [-0.25, -0.2) is 4.79 Å². The van der Waals surface area contributed by atoms with Gasteiger partial charge < -0.3 is 10.5 Å². The van der Waals surface area contributed by atoms with Gasteiger partial charge in [-0.3, -0.25) is 9.89 Å². The minimum atomic E-state index is -0.516. The number of primary amides is 1. The van der Waals surface area contributed by atoms with E-state index in [2.05, 4.69) is 45.3 Å². The first kappa shape index (κ1) is 23.0. The zero-order chi connectivity index (χ0) is 23.9. The number of rotatable bonds is 4. The number of amides is 1. The van der Waals surface area contributed by atoms with E-state index in [9.17, 15) is 9.59 Å². The number of aromatic nitrogens is 2. The third kappa shape index (κ3) is 5.07. The van der Waals surface area contributed by atoms with Crippen molar-refractivity contribution in [2.75, 3.05) is 7.11 Å². The number of H-pyrrole nitrogens is 1. The number of carbonyl (C=O) groups excluding carboxylic acids is 2. The summed E-state index contributed by atoms with van der Waals surface area (Å²) in [5, 5.41) is 7.73. The van der Waals surface area contributed by atoms with Gasteiger partial charge in [0.25, 0.3) is 5.91 Å². The summed E-state index contributed by atoms with van der Waals surface area (Å²) in [6.45, 7) is 0. The predicted molar refractivity (Wildman–Crippen MR) is 134 cm³/mol. The van der Waals surface area contributed by atoms with Crippen LogP contribution in [0.4, 0.5) is 0 Å². The van der Waals surface area contributed by atoms with Gasteiger partial charge in [-0.2, -0.15) is 5.10 Å². The van der Waals surface area contributed by atoms with Gasteiger partial charge in [0.2, 0.25) is 0 Å². The maximum Gasteiger partial charge on any atom is 0.337 e. The molecule has 0 saturated heterocycles.